The lowest BCUT2D eigenvalue weighted by molar-refractivity contribution is -0.140. The van der Waals surface area contributed by atoms with Crippen molar-refractivity contribution >= 4 is 22.6 Å². The van der Waals surface area contributed by atoms with Crippen LogP contribution in [-0.2, 0) is 6.18 Å². The van der Waals surface area contributed by atoms with E-state index in [1.54, 1.807) is 0 Å². The third-order valence-electron chi connectivity index (χ3n) is 1.80. The second kappa shape index (κ2) is 3.34. The largest absolute Gasteiger partial charge is 0.433 e. The number of nitrogens with zero attached hydrogens (tertiary/aromatic N) is 2. The Morgan fingerprint density at radius 2 is 1.53 bits per heavy atom. The molecule has 0 saturated carbocycles. The van der Waals surface area contributed by atoms with E-state index in [-0.39, 0.29) is 10.7 Å². The number of aromatic nitrogens is 2. The van der Waals surface area contributed by atoms with Crippen molar-refractivity contribution in [1.82, 2.24) is 9.97 Å². The molecule has 2 aromatic rings. The zero-order valence-electron chi connectivity index (χ0n) is 7.22. The zero-order valence-corrected chi connectivity index (χ0v) is 7.97. The molecular formula is C9H4ClF3N2. The van der Waals surface area contributed by atoms with Gasteiger partial charge < -0.3 is 0 Å². The molecule has 15 heavy (non-hydrogen) atoms. The van der Waals surface area contributed by atoms with Gasteiger partial charge in [0.2, 0.25) is 0 Å². The first-order valence-corrected chi connectivity index (χ1v) is 4.35. The number of hydrogen-bond donors (Lipinski definition) is 0. The first-order chi connectivity index (χ1) is 6.97. The Balaban J connectivity index is 2.62. The summed E-state index contributed by atoms with van der Waals surface area (Å²) < 4.78 is 36.9. The molecule has 0 aromatic carbocycles. The molecule has 2 aromatic heterocycles. The second-order valence-corrected chi connectivity index (χ2v) is 3.25. The maximum Gasteiger partial charge on any atom is 0.433 e. The number of fused-ring (bicyclic) bond motifs is 1. The van der Waals surface area contributed by atoms with Gasteiger partial charge in [-0.15, -0.1) is 0 Å². The van der Waals surface area contributed by atoms with Crippen LogP contribution in [0.2, 0.25) is 5.15 Å². The van der Waals surface area contributed by atoms with Crippen molar-refractivity contribution in [1.29, 1.82) is 0 Å². The van der Waals surface area contributed by atoms with E-state index in [1.165, 1.54) is 18.2 Å². The second-order valence-electron chi connectivity index (χ2n) is 2.87. The van der Waals surface area contributed by atoms with Crippen LogP contribution in [0.4, 0.5) is 13.2 Å². The van der Waals surface area contributed by atoms with Crippen molar-refractivity contribution in [3.05, 3.63) is 35.1 Å². The molecule has 2 heterocycles. The van der Waals surface area contributed by atoms with Crippen LogP contribution in [0.15, 0.2) is 24.3 Å². The average molecular weight is 233 g/mol. The van der Waals surface area contributed by atoms with Gasteiger partial charge >= 0.3 is 6.18 Å². The molecule has 0 spiro atoms. The van der Waals surface area contributed by atoms with Crippen LogP contribution in [0, 0.1) is 0 Å². The summed E-state index contributed by atoms with van der Waals surface area (Å²) in [7, 11) is 0. The van der Waals surface area contributed by atoms with E-state index in [9.17, 15) is 13.2 Å². The van der Waals surface area contributed by atoms with Crippen molar-refractivity contribution in [3.63, 3.8) is 0 Å². The third kappa shape index (κ3) is 2.02. The third-order valence-corrected chi connectivity index (χ3v) is 2.01. The van der Waals surface area contributed by atoms with E-state index in [2.05, 4.69) is 9.97 Å². The Morgan fingerprint density at radius 3 is 2.20 bits per heavy atom. The van der Waals surface area contributed by atoms with Gasteiger partial charge in [0, 0.05) is 0 Å². The molecular weight excluding hydrogens is 229 g/mol. The standard InChI is InChI=1S/C9H4ClF3N2/c10-8-4-2-5-6(15-8)1-3-7(14-5)9(11,12)13/h1-4H. The summed E-state index contributed by atoms with van der Waals surface area (Å²) in [5.41, 5.74) is -0.413. The topological polar surface area (TPSA) is 25.8 Å². The van der Waals surface area contributed by atoms with Crippen molar-refractivity contribution in [2.45, 2.75) is 6.18 Å². The minimum Gasteiger partial charge on any atom is -0.242 e. The summed E-state index contributed by atoms with van der Waals surface area (Å²) in [5, 5.41) is 0.226. The lowest BCUT2D eigenvalue weighted by Crippen LogP contribution is -2.07. The van der Waals surface area contributed by atoms with Gasteiger partial charge in [0.25, 0.3) is 0 Å². The zero-order chi connectivity index (χ0) is 11.1. The highest BCUT2D eigenvalue weighted by molar-refractivity contribution is 6.29. The van der Waals surface area contributed by atoms with Gasteiger partial charge in [-0.25, -0.2) is 9.97 Å². The van der Waals surface area contributed by atoms with Crippen LogP contribution in [0.1, 0.15) is 5.69 Å². The van der Waals surface area contributed by atoms with Crippen molar-refractivity contribution < 1.29 is 13.2 Å². The average Bonchev–Trinajstić information content (AvgIpc) is 2.15. The van der Waals surface area contributed by atoms with Crippen LogP contribution in [0.25, 0.3) is 11.0 Å². The highest BCUT2D eigenvalue weighted by atomic mass is 35.5. The van der Waals surface area contributed by atoms with Crippen LogP contribution in [-0.4, -0.2) is 9.97 Å². The van der Waals surface area contributed by atoms with Crippen molar-refractivity contribution in [3.8, 4) is 0 Å². The number of alkyl halides is 3. The van der Waals surface area contributed by atoms with Gasteiger partial charge in [0.1, 0.15) is 10.8 Å². The van der Waals surface area contributed by atoms with E-state index in [0.29, 0.717) is 5.52 Å². The first kappa shape index (κ1) is 10.2. The first-order valence-electron chi connectivity index (χ1n) is 3.97. The van der Waals surface area contributed by atoms with Crippen LogP contribution >= 0.6 is 11.6 Å². The normalized spacial score (nSPS) is 12.0. The van der Waals surface area contributed by atoms with Gasteiger partial charge in [-0.3, -0.25) is 0 Å². The van der Waals surface area contributed by atoms with E-state index < -0.39 is 11.9 Å². The molecule has 0 aliphatic heterocycles. The molecule has 0 unspecified atom stereocenters. The number of pyridine rings is 2. The summed E-state index contributed by atoms with van der Waals surface area (Å²) in [6.07, 6.45) is -4.44. The summed E-state index contributed by atoms with van der Waals surface area (Å²) in [5.74, 6) is 0. The predicted octanol–water partition coefficient (Wildman–Crippen LogP) is 3.30. The Kier molecular flexibility index (Phi) is 2.26. The minimum atomic E-state index is -4.44. The SMILES string of the molecule is FC(F)(F)c1ccc2nc(Cl)ccc2n1. The molecule has 0 aliphatic rings. The van der Waals surface area contributed by atoms with Gasteiger partial charge in [-0.1, -0.05) is 11.6 Å². The molecule has 2 nitrogen and oxygen atoms in total. The Labute approximate surface area is 87.7 Å². The fourth-order valence-corrected chi connectivity index (χ4v) is 1.30. The summed E-state index contributed by atoms with van der Waals surface area (Å²) >= 11 is 5.59. The highest BCUT2D eigenvalue weighted by Crippen LogP contribution is 2.28. The van der Waals surface area contributed by atoms with Crippen LogP contribution in [0.3, 0.4) is 0 Å². The molecule has 0 fully saturated rings. The molecule has 0 atom stereocenters. The molecule has 0 aliphatic carbocycles. The van der Waals surface area contributed by atoms with E-state index in [0.717, 1.165) is 6.07 Å². The lowest BCUT2D eigenvalue weighted by atomic mass is 10.3. The molecule has 0 radical (unpaired) electrons. The number of rotatable bonds is 0. The molecule has 6 heteroatoms. The summed E-state index contributed by atoms with van der Waals surface area (Å²) in [6, 6.07) is 4.93. The maximum atomic E-state index is 12.3. The molecule has 0 amide bonds. The molecule has 0 bridgehead atoms. The monoisotopic (exact) mass is 232 g/mol. The lowest BCUT2D eigenvalue weighted by Gasteiger charge is -2.05. The van der Waals surface area contributed by atoms with Gasteiger partial charge in [-0.05, 0) is 24.3 Å². The quantitative estimate of drug-likeness (QED) is 0.652. The highest BCUT2D eigenvalue weighted by Gasteiger charge is 2.32. The molecule has 0 saturated heterocycles. The maximum absolute atomic E-state index is 12.3. The molecule has 78 valence electrons. The molecule has 2 rings (SSSR count). The van der Waals surface area contributed by atoms with Gasteiger partial charge in [-0.2, -0.15) is 13.2 Å². The number of hydrogen-bond acceptors (Lipinski definition) is 2. The smallest absolute Gasteiger partial charge is 0.242 e. The van der Waals surface area contributed by atoms with Gasteiger partial charge in [0.15, 0.2) is 0 Å². The fourth-order valence-electron chi connectivity index (χ4n) is 1.14. The Morgan fingerprint density at radius 1 is 0.933 bits per heavy atom. The fraction of sp³-hybridized carbons (Fsp3) is 0.111. The van der Waals surface area contributed by atoms with Gasteiger partial charge in [0.05, 0.1) is 11.0 Å². The Hall–Kier alpha value is -1.36. The van der Waals surface area contributed by atoms with Crippen molar-refractivity contribution in [2.75, 3.05) is 0 Å². The number of halogens is 4. The van der Waals surface area contributed by atoms with Crippen molar-refractivity contribution in [2.24, 2.45) is 0 Å². The minimum absolute atomic E-state index is 0.175. The van der Waals surface area contributed by atoms with E-state index >= 15 is 0 Å². The van der Waals surface area contributed by atoms with Crippen LogP contribution < -0.4 is 0 Å². The molecule has 0 N–H and O–H groups in total. The van der Waals surface area contributed by atoms with E-state index in [1.807, 2.05) is 0 Å². The Bertz CT molecular complexity index is 510. The van der Waals surface area contributed by atoms with Crippen LogP contribution in [0.5, 0.6) is 0 Å². The summed E-state index contributed by atoms with van der Waals surface area (Å²) in [6.45, 7) is 0. The summed E-state index contributed by atoms with van der Waals surface area (Å²) in [4.78, 5) is 7.28. The predicted molar refractivity (Wildman–Crippen MR) is 49.6 cm³/mol. The van der Waals surface area contributed by atoms with E-state index in [4.69, 9.17) is 11.6 Å².